The first-order valence-electron chi connectivity index (χ1n) is 8.50. The molecule has 2 aromatic carbocycles. The van der Waals surface area contributed by atoms with Gasteiger partial charge in [0.25, 0.3) is 0 Å². The topological polar surface area (TPSA) is 87.7 Å². The van der Waals surface area contributed by atoms with Gasteiger partial charge in [0, 0.05) is 0 Å². The first-order chi connectivity index (χ1) is 12.6. The molecule has 0 unspecified atom stereocenters. The number of para-hydroxylation sites is 1. The Morgan fingerprint density at radius 3 is 2.62 bits per heavy atom. The van der Waals surface area contributed by atoms with Crippen molar-refractivity contribution in [3.63, 3.8) is 0 Å². The molecule has 4 N–H and O–H groups in total. The van der Waals surface area contributed by atoms with Crippen molar-refractivity contribution in [3.05, 3.63) is 53.6 Å². The van der Waals surface area contributed by atoms with Crippen LogP contribution in [-0.4, -0.2) is 44.6 Å². The molecule has 1 aliphatic rings. The zero-order valence-electron chi connectivity index (χ0n) is 14.7. The molecule has 0 aliphatic heterocycles. The van der Waals surface area contributed by atoms with Crippen LogP contribution in [0.3, 0.4) is 0 Å². The molecule has 0 saturated heterocycles. The number of phenolic OH excluding ortho intramolecular Hbond substituents is 1. The molecule has 0 bridgehead atoms. The molecule has 0 radical (unpaired) electrons. The van der Waals surface area contributed by atoms with Gasteiger partial charge in [0.15, 0.2) is 0 Å². The Hall–Kier alpha value is -2.56. The van der Waals surface area contributed by atoms with Crippen LogP contribution in [0.2, 0.25) is 0 Å². The van der Waals surface area contributed by atoms with Gasteiger partial charge in [0.2, 0.25) is 0 Å². The molecule has 1 aliphatic carbocycles. The number of aliphatic imine (C=N–C) groups is 1. The minimum atomic E-state index is -0.198. The van der Waals surface area contributed by atoms with Gasteiger partial charge in [-0.2, -0.15) is 0 Å². The molecule has 26 heavy (non-hydrogen) atoms. The summed E-state index contributed by atoms with van der Waals surface area (Å²) in [6, 6.07) is 9.51. The van der Waals surface area contributed by atoms with E-state index < -0.39 is 0 Å². The third-order valence-corrected chi connectivity index (χ3v) is 6.35. The molecule has 5 nitrogen and oxygen atoms in total. The zero-order chi connectivity index (χ0) is 18.7. The van der Waals surface area contributed by atoms with Crippen LogP contribution in [0.25, 0.3) is 0 Å². The third kappa shape index (κ3) is 3.39. The summed E-state index contributed by atoms with van der Waals surface area (Å²) in [7, 11) is 0. The Labute approximate surface area is 159 Å². The fourth-order valence-corrected chi connectivity index (χ4v) is 4.86. The Balaban J connectivity index is 2.20. The number of fused-ring (bicyclic) bond motifs is 1. The summed E-state index contributed by atoms with van der Waals surface area (Å²) in [6.45, 7) is 5.15. The number of nitrogens with zero attached hydrogens (tertiary/aromatic N) is 1. The van der Waals surface area contributed by atoms with Crippen molar-refractivity contribution in [1.29, 1.82) is 0 Å². The molecular weight excluding hydrogens is 393 g/mol. The number of ketones is 1. The monoisotopic (exact) mass is 415 g/mol. The third-order valence-electron chi connectivity index (χ3n) is 3.99. The summed E-state index contributed by atoms with van der Waals surface area (Å²) in [6.07, 6.45) is 3.19. The second-order valence-electron chi connectivity index (χ2n) is 5.75. The van der Waals surface area contributed by atoms with E-state index in [2.05, 4.69) is 10.3 Å². The van der Waals surface area contributed by atoms with Crippen LogP contribution in [-0.2, 0) is 0 Å². The van der Waals surface area contributed by atoms with Crippen molar-refractivity contribution in [3.8, 4) is 5.75 Å². The molecule has 0 atom stereocenters. The molecule has 0 fully saturated rings. The number of phenols is 1. The Morgan fingerprint density at radius 2 is 1.92 bits per heavy atom. The summed E-state index contributed by atoms with van der Waals surface area (Å²) in [4.78, 5) is 17.0. The predicted molar refractivity (Wildman–Crippen MR) is 109 cm³/mol. The van der Waals surface area contributed by atoms with Gasteiger partial charge in [-0.1, -0.05) is 0 Å². The maximum absolute atomic E-state index is 12.5. The van der Waals surface area contributed by atoms with Crippen LogP contribution in [0.1, 0.15) is 29.8 Å². The second kappa shape index (κ2) is 7.77. The van der Waals surface area contributed by atoms with E-state index in [0.717, 1.165) is 14.6 Å². The summed E-state index contributed by atoms with van der Waals surface area (Å²) in [5.74, 6) is -0.00520. The van der Waals surface area contributed by atoms with E-state index in [0.29, 0.717) is 35.6 Å². The van der Waals surface area contributed by atoms with Gasteiger partial charge in [0.1, 0.15) is 0 Å². The van der Waals surface area contributed by atoms with E-state index in [9.17, 15) is 9.90 Å². The van der Waals surface area contributed by atoms with Gasteiger partial charge in [0.05, 0.1) is 0 Å². The fourth-order valence-electron chi connectivity index (χ4n) is 2.88. The Morgan fingerprint density at radius 1 is 1.15 bits per heavy atom. The average molecular weight is 414 g/mol. The quantitative estimate of drug-likeness (QED) is 0.394. The maximum atomic E-state index is 12.5. The van der Waals surface area contributed by atoms with Crippen LogP contribution in [0.4, 0.5) is 11.4 Å². The summed E-state index contributed by atoms with van der Waals surface area (Å²) in [5, 5.41) is 14.2. The van der Waals surface area contributed by atoms with Crippen LogP contribution in [0.15, 0.2) is 47.5 Å². The van der Waals surface area contributed by atoms with Gasteiger partial charge >= 0.3 is 159 Å². The number of nitrogen functional groups attached to an aromatic ring is 1. The number of benzene rings is 2. The van der Waals surface area contributed by atoms with Crippen molar-refractivity contribution < 1.29 is 9.90 Å². The van der Waals surface area contributed by atoms with Gasteiger partial charge < -0.3 is 0 Å². The number of nitrogens with one attached hydrogen (secondary N) is 1. The standard InChI is InChI=1S/C20H21N3O2Se/c1-3-22-13-9-10-15(24)18-14(23-4-2)11-17(20(25)19(13)18)26-16-8-6-5-7-12(16)21/h5-11,23,25H,3-4,21H2,1-2H3. The first-order valence-corrected chi connectivity index (χ1v) is 10.2. The molecule has 0 amide bonds. The van der Waals surface area contributed by atoms with Crippen LogP contribution >= 0.6 is 0 Å². The number of carbonyl (C=O) groups excluding carboxylic acids is 1. The van der Waals surface area contributed by atoms with Crippen molar-refractivity contribution in [2.45, 2.75) is 13.8 Å². The molecule has 0 saturated carbocycles. The summed E-state index contributed by atoms with van der Waals surface area (Å²) in [5.41, 5.74) is 9.15. The molecular formula is C20H21N3O2Se. The second-order valence-corrected chi connectivity index (χ2v) is 8.02. The van der Waals surface area contributed by atoms with E-state index in [1.807, 2.05) is 44.2 Å². The average Bonchev–Trinajstić information content (AvgIpc) is 2.62. The fraction of sp³-hybridized carbons (Fsp3) is 0.200. The zero-order valence-corrected chi connectivity index (χ0v) is 16.5. The van der Waals surface area contributed by atoms with E-state index >= 15 is 0 Å². The number of nitrogens with two attached hydrogens (primary N) is 1. The normalized spacial score (nSPS) is 14.5. The molecule has 3 rings (SSSR count). The van der Waals surface area contributed by atoms with Crippen molar-refractivity contribution in [1.82, 2.24) is 0 Å². The van der Waals surface area contributed by atoms with E-state index in [-0.39, 0.29) is 26.5 Å². The predicted octanol–water partition coefficient (Wildman–Crippen LogP) is 1.62. The number of anilines is 2. The Kier molecular flexibility index (Phi) is 5.45. The first kappa shape index (κ1) is 18.2. The number of aromatic hydroxyl groups is 1. The van der Waals surface area contributed by atoms with Crippen LogP contribution in [0.5, 0.6) is 5.75 Å². The van der Waals surface area contributed by atoms with Crippen LogP contribution in [0, 0.1) is 0 Å². The van der Waals surface area contributed by atoms with Crippen molar-refractivity contribution in [2.75, 3.05) is 24.1 Å². The van der Waals surface area contributed by atoms with Crippen LogP contribution < -0.4 is 20.0 Å². The van der Waals surface area contributed by atoms with E-state index in [1.54, 1.807) is 6.08 Å². The number of allylic oxidation sites excluding steroid dienone is 2. The van der Waals surface area contributed by atoms with Gasteiger partial charge in [-0.25, -0.2) is 0 Å². The minimum absolute atomic E-state index is 0.120. The Bertz CT molecular complexity index is 920. The van der Waals surface area contributed by atoms with Gasteiger partial charge in [-0.3, -0.25) is 0 Å². The SMILES string of the molecule is CCN=C1C=CC(=O)c2c(NCC)cc([Se]c3ccccc3N)c(O)c21. The molecule has 6 heteroatoms. The van der Waals surface area contributed by atoms with Crippen molar-refractivity contribution >= 4 is 46.8 Å². The van der Waals surface area contributed by atoms with E-state index in [1.165, 1.54) is 6.08 Å². The van der Waals surface area contributed by atoms with Crippen molar-refractivity contribution in [2.24, 2.45) is 4.99 Å². The molecule has 0 heterocycles. The molecule has 2 aromatic rings. The summed E-state index contributed by atoms with van der Waals surface area (Å²) < 4.78 is 1.77. The van der Waals surface area contributed by atoms with E-state index in [4.69, 9.17) is 5.73 Å². The molecule has 0 aromatic heterocycles. The molecule has 134 valence electrons. The number of carbonyl (C=O) groups is 1. The number of hydrogen-bond acceptors (Lipinski definition) is 5. The summed E-state index contributed by atoms with van der Waals surface area (Å²) >= 11 is -0.198. The number of hydrogen-bond donors (Lipinski definition) is 3. The van der Waals surface area contributed by atoms with Gasteiger partial charge in [-0.15, -0.1) is 0 Å². The molecule has 0 spiro atoms. The van der Waals surface area contributed by atoms with Gasteiger partial charge in [-0.05, 0) is 0 Å². The number of rotatable bonds is 5.